The van der Waals surface area contributed by atoms with Crippen LogP contribution in [0, 0.1) is 0 Å². The molecule has 1 aliphatic rings. The van der Waals surface area contributed by atoms with Gasteiger partial charge < -0.3 is 0 Å². The summed E-state index contributed by atoms with van der Waals surface area (Å²) in [5, 5.41) is 0. The first-order chi connectivity index (χ1) is 6.09. The molecule has 0 aromatic heterocycles. The Bertz CT molecular complexity index is 335. The second kappa shape index (κ2) is 3.94. The molecule has 0 atom stereocenters. The Kier molecular flexibility index (Phi) is 2.90. The molecule has 0 aromatic carbocycles. The highest BCUT2D eigenvalue weighted by molar-refractivity contribution is 6.07. The van der Waals surface area contributed by atoms with E-state index in [1.165, 1.54) is 13.8 Å². The number of rotatable bonds is 1. The quantitative estimate of drug-likeness (QED) is 0.608. The number of carbonyl (C=O) groups is 2. The summed E-state index contributed by atoms with van der Waals surface area (Å²) in [6.07, 6.45) is 5.74. The SMILES string of the molecule is CC(=O)N=C1C=CC(C(C)=O)=CC1. The number of Topliss-reactive ketones (excluding diaryl/α,β-unsaturated/α-hetero) is 1. The molecule has 0 N–H and O–H groups in total. The Morgan fingerprint density at radius 2 is 2.00 bits per heavy atom. The van der Waals surface area contributed by atoms with Gasteiger partial charge in [0.1, 0.15) is 0 Å². The van der Waals surface area contributed by atoms with Gasteiger partial charge in [-0.1, -0.05) is 6.08 Å². The van der Waals surface area contributed by atoms with E-state index in [0.717, 1.165) is 0 Å². The number of amides is 1. The van der Waals surface area contributed by atoms with E-state index in [1.54, 1.807) is 18.2 Å². The first-order valence-electron chi connectivity index (χ1n) is 4.07. The molecule has 1 aliphatic carbocycles. The van der Waals surface area contributed by atoms with E-state index in [0.29, 0.717) is 17.7 Å². The van der Waals surface area contributed by atoms with Crippen molar-refractivity contribution < 1.29 is 9.59 Å². The third-order valence-electron chi connectivity index (χ3n) is 1.69. The smallest absolute Gasteiger partial charge is 0.242 e. The fourth-order valence-corrected chi connectivity index (χ4v) is 1.08. The predicted octanol–water partition coefficient (Wildman–Crippen LogP) is 1.45. The number of ketones is 1. The zero-order chi connectivity index (χ0) is 9.84. The van der Waals surface area contributed by atoms with Gasteiger partial charge in [0.15, 0.2) is 5.78 Å². The van der Waals surface area contributed by atoms with Crippen LogP contribution in [0.4, 0.5) is 0 Å². The summed E-state index contributed by atoms with van der Waals surface area (Å²) in [5.74, 6) is -0.169. The van der Waals surface area contributed by atoms with Crippen LogP contribution in [0.2, 0.25) is 0 Å². The summed E-state index contributed by atoms with van der Waals surface area (Å²) < 4.78 is 0. The molecule has 0 spiro atoms. The van der Waals surface area contributed by atoms with Gasteiger partial charge in [-0.25, -0.2) is 4.99 Å². The third kappa shape index (κ3) is 2.78. The Morgan fingerprint density at radius 1 is 1.31 bits per heavy atom. The monoisotopic (exact) mass is 177 g/mol. The number of allylic oxidation sites excluding steroid dienone is 4. The molecule has 0 aromatic rings. The van der Waals surface area contributed by atoms with Crippen molar-refractivity contribution in [3.8, 4) is 0 Å². The van der Waals surface area contributed by atoms with E-state index < -0.39 is 0 Å². The van der Waals surface area contributed by atoms with Crippen LogP contribution in [0.1, 0.15) is 20.3 Å². The number of aliphatic imine (C=N–C) groups is 1. The lowest BCUT2D eigenvalue weighted by molar-refractivity contribution is -0.115. The molecule has 3 heteroatoms. The lowest BCUT2D eigenvalue weighted by Gasteiger charge is -2.04. The second-order valence-corrected chi connectivity index (χ2v) is 2.88. The van der Waals surface area contributed by atoms with Crippen LogP contribution in [-0.4, -0.2) is 17.4 Å². The third-order valence-corrected chi connectivity index (χ3v) is 1.69. The second-order valence-electron chi connectivity index (χ2n) is 2.88. The first-order valence-corrected chi connectivity index (χ1v) is 4.07. The van der Waals surface area contributed by atoms with E-state index in [9.17, 15) is 9.59 Å². The van der Waals surface area contributed by atoms with E-state index >= 15 is 0 Å². The summed E-state index contributed by atoms with van der Waals surface area (Å²) in [6, 6.07) is 0. The van der Waals surface area contributed by atoms with Crippen molar-refractivity contribution >= 4 is 17.4 Å². The largest absolute Gasteiger partial charge is 0.295 e. The maximum Gasteiger partial charge on any atom is 0.242 e. The highest BCUT2D eigenvalue weighted by Gasteiger charge is 2.06. The topological polar surface area (TPSA) is 46.5 Å². The summed E-state index contributed by atoms with van der Waals surface area (Å²) in [7, 11) is 0. The van der Waals surface area contributed by atoms with Crippen molar-refractivity contribution in [1.29, 1.82) is 0 Å². The minimum absolute atomic E-state index is 0.0399. The van der Waals surface area contributed by atoms with Crippen LogP contribution >= 0.6 is 0 Å². The molecule has 0 saturated heterocycles. The van der Waals surface area contributed by atoms with Crippen molar-refractivity contribution in [2.24, 2.45) is 4.99 Å². The van der Waals surface area contributed by atoms with Gasteiger partial charge in [0.25, 0.3) is 0 Å². The average molecular weight is 177 g/mol. The highest BCUT2D eigenvalue weighted by atomic mass is 16.1. The fourth-order valence-electron chi connectivity index (χ4n) is 1.08. The van der Waals surface area contributed by atoms with Gasteiger partial charge in [-0.15, -0.1) is 0 Å². The lowest BCUT2D eigenvalue weighted by atomic mass is 10.0. The molecule has 0 aliphatic heterocycles. The standard InChI is InChI=1S/C10H11NO2/c1-7(12)9-3-5-10(6-4-9)11-8(2)13/h3-5H,6H2,1-2H3. The number of carbonyl (C=O) groups excluding carboxylic acids is 2. The van der Waals surface area contributed by atoms with Gasteiger partial charge in [-0.2, -0.15) is 0 Å². The minimum Gasteiger partial charge on any atom is -0.295 e. The molecule has 68 valence electrons. The van der Waals surface area contributed by atoms with E-state index in [1.807, 2.05) is 0 Å². The molecule has 0 unspecified atom stereocenters. The Labute approximate surface area is 76.9 Å². The van der Waals surface area contributed by atoms with E-state index in [2.05, 4.69) is 4.99 Å². The average Bonchev–Trinajstić information content (AvgIpc) is 2.04. The van der Waals surface area contributed by atoms with Crippen LogP contribution in [0.25, 0.3) is 0 Å². The van der Waals surface area contributed by atoms with Crippen molar-refractivity contribution in [2.75, 3.05) is 0 Å². The summed E-state index contributed by atoms with van der Waals surface area (Å²) in [6.45, 7) is 2.92. The number of hydrogen-bond donors (Lipinski definition) is 0. The Morgan fingerprint density at radius 3 is 2.38 bits per heavy atom. The van der Waals surface area contributed by atoms with Crippen LogP contribution in [0.3, 0.4) is 0 Å². The molecule has 1 amide bonds. The normalized spacial score (nSPS) is 18.6. The van der Waals surface area contributed by atoms with Crippen LogP contribution < -0.4 is 0 Å². The van der Waals surface area contributed by atoms with E-state index in [-0.39, 0.29) is 11.7 Å². The van der Waals surface area contributed by atoms with Gasteiger partial charge in [-0.05, 0) is 19.1 Å². The molecule has 1 rings (SSSR count). The highest BCUT2D eigenvalue weighted by Crippen LogP contribution is 2.09. The Hall–Kier alpha value is -1.51. The predicted molar refractivity (Wildman–Crippen MR) is 50.6 cm³/mol. The van der Waals surface area contributed by atoms with Crippen LogP contribution in [-0.2, 0) is 9.59 Å². The first kappa shape index (κ1) is 9.58. The van der Waals surface area contributed by atoms with Gasteiger partial charge in [0.05, 0.1) is 0 Å². The van der Waals surface area contributed by atoms with Crippen molar-refractivity contribution in [3.05, 3.63) is 23.8 Å². The molecular weight excluding hydrogens is 166 g/mol. The zero-order valence-corrected chi connectivity index (χ0v) is 7.70. The Balaban J connectivity index is 2.74. The van der Waals surface area contributed by atoms with Crippen molar-refractivity contribution in [1.82, 2.24) is 0 Å². The molecule has 0 bridgehead atoms. The molecule has 0 heterocycles. The van der Waals surface area contributed by atoms with Gasteiger partial charge in [-0.3, -0.25) is 9.59 Å². The van der Waals surface area contributed by atoms with Crippen molar-refractivity contribution in [2.45, 2.75) is 20.3 Å². The fraction of sp³-hybridized carbons (Fsp3) is 0.300. The summed E-state index contributed by atoms with van der Waals surface area (Å²) in [5.41, 5.74) is 1.39. The zero-order valence-electron chi connectivity index (χ0n) is 7.70. The maximum atomic E-state index is 10.9. The van der Waals surface area contributed by atoms with E-state index in [4.69, 9.17) is 0 Å². The summed E-state index contributed by atoms with van der Waals surface area (Å²) in [4.78, 5) is 25.3. The van der Waals surface area contributed by atoms with Crippen LogP contribution in [0.15, 0.2) is 28.8 Å². The molecular formula is C10H11NO2. The lowest BCUT2D eigenvalue weighted by Crippen LogP contribution is -2.04. The van der Waals surface area contributed by atoms with Crippen LogP contribution in [0.5, 0.6) is 0 Å². The number of hydrogen-bond acceptors (Lipinski definition) is 2. The molecule has 0 saturated carbocycles. The summed E-state index contributed by atoms with van der Waals surface area (Å²) >= 11 is 0. The molecule has 0 fully saturated rings. The molecule has 0 radical (unpaired) electrons. The number of nitrogens with zero attached hydrogens (tertiary/aromatic N) is 1. The molecule has 3 nitrogen and oxygen atoms in total. The molecule has 13 heavy (non-hydrogen) atoms. The van der Waals surface area contributed by atoms with Crippen molar-refractivity contribution in [3.63, 3.8) is 0 Å². The maximum absolute atomic E-state index is 10.9. The van der Waals surface area contributed by atoms with Gasteiger partial charge in [0.2, 0.25) is 5.91 Å². The minimum atomic E-state index is -0.209. The van der Waals surface area contributed by atoms with Gasteiger partial charge in [0, 0.05) is 24.6 Å². The van der Waals surface area contributed by atoms with Gasteiger partial charge >= 0.3 is 0 Å².